The fraction of sp³-hybridized carbons (Fsp3) is 0.103. The Morgan fingerprint density at radius 2 is 1.71 bits per heavy atom. The zero-order valence-electron chi connectivity index (χ0n) is 21.5. The van der Waals surface area contributed by atoms with Gasteiger partial charge in [-0.05, 0) is 48.2 Å². The second-order valence-corrected chi connectivity index (χ2v) is 10.1. The van der Waals surface area contributed by atoms with E-state index in [1.807, 2.05) is 65.4 Å². The number of fused-ring (bicyclic) bond motifs is 2. The van der Waals surface area contributed by atoms with Crippen LogP contribution in [0.5, 0.6) is 11.5 Å². The van der Waals surface area contributed by atoms with Gasteiger partial charge in [0.1, 0.15) is 29.8 Å². The van der Waals surface area contributed by atoms with Crippen LogP contribution in [-0.4, -0.2) is 49.7 Å². The molecular formula is C29H22N6O5S. The van der Waals surface area contributed by atoms with Gasteiger partial charge >= 0.3 is 0 Å². The fourth-order valence-electron chi connectivity index (χ4n) is 4.41. The van der Waals surface area contributed by atoms with Crippen molar-refractivity contribution in [3.63, 3.8) is 0 Å². The average Bonchev–Trinajstić information content (AvgIpc) is 3.56. The molecule has 0 bridgehead atoms. The number of nitro benzene ring substituents is 1. The number of carbonyl (C=O) groups is 1. The van der Waals surface area contributed by atoms with Gasteiger partial charge in [0.2, 0.25) is 5.17 Å². The molecule has 2 aliphatic rings. The molecule has 4 aromatic rings. The molecule has 204 valence electrons. The predicted octanol–water partition coefficient (Wildman–Crippen LogP) is 5.33. The number of para-hydroxylation sites is 2. The average molecular weight is 567 g/mol. The SMILES string of the molecule is N=C1/C(=C/c2cn(CCOc3ccc([N+](=O)[O-])cc3)c3ccccc23)C(=O)N=C2SC(COc3ccccc3)=NN12. The lowest BCUT2D eigenvalue weighted by molar-refractivity contribution is -0.384. The smallest absolute Gasteiger partial charge is 0.283 e. The van der Waals surface area contributed by atoms with E-state index in [0.29, 0.717) is 34.9 Å². The number of rotatable bonds is 9. The molecule has 41 heavy (non-hydrogen) atoms. The van der Waals surface area contributed by atoms with Gasteiger partial charge in [-0.25, -0.2) is 0 Å². The highest BCUT2D eigenvalue weighted by atomic mass is 32.2. The van der Waals surface area contributed by atoms with Crippen LogP contribution in [0.25, 0.3) is 17.0 Å². The van der Waals surface area contributed by atoms with Gasteiger partial charge in [-0.3, -0.25) is 20.3 Å². The molecule has 3 aromatic carbocycles. The summed E-state index contributed by atoms with van der Waals surface area (Å²) < 4.78 is 13.6. The minimum atomic E-state index is -0.507. The number of ether oxygens (including phenoxy) is 2. The molecule has 0 saturated carbocycles. The number of hydrogen-bond acceptors (Lipinski definition) is 8. The van der Waals surface area contributed by atoms with Crippen molar-refractivity contribution >= 4 is 56.4 Å². The first kappa shape index (κ1) is 26.0. The molecule has 11 nitrogen and oxygen atoms in total. The highest BCUT2D eigenvalue weighted by Crippen LogP contribution is 2.30. The minimum Gasteiger partial charge on any atom is -0.492 e. The number of benzene rings is 3. The highest BCUT2D eigenvalue weighted by Gasteiger charge is 2.36. The third-order valence-corrected chi connectivity index (χ3v) is 7.25. The number of non-ortho nitro benzene ring substituents is 1. The van der Waals surface area contributed by atoms with Crippen molar-refractivity contribution in [3.05, 3.63) is 106 Å². The number of hydrogen-bond donors (Lipinski definition) is 1. The Morgan fingerprint density at radius 1 is 0.976 bits per heavy atom. The molecule has 6 rings (SSSR count). The molecule has 3 heterocycles. The largest absolute Gasteiger partial charge is 0.492 e. The third-order valence-electron chi connectivity index (χ3n) is 6.37. The monoisotopic (exact) mass is 566 g/mol. The van der Waals surface area contributed by atoms with Gasteiger partial charge in [0.25, 0.3) is 11.6 Å². The van der Waals surface area contributed by atoms with E-state index in [1.165, 1.54) is 28.9 Å². The number of hydrazone groups is 1. The Bertz CT molecular complexity index is 1760. The van der Waals surface area contributed by atoms with Crippen LogP contribution in [0.3, 0.4) is 0 Å². The summed E-state index contributed by atoms with van der Waals surface area (Å²) in [5.41, 5.74) is 1.82. The second-order valence-electron chi connectivity index (χ2n) is 9.01. The Kier molecular flexibility index (Phi) is 7.04. The van der Waals surface area contributed by atoms with Crippen LogP contribution in [0, 0.1) is 15.5 Å². The number of nitrogens with zero attached hydrogens (tertiary/aromatic N) is 5. The zero-order chi connectivity index (χ0) is 28.3. The molecule has 0 saturated heterocycles. The van der Waals surface area contributed by atoms with Crippen LogP contribution >= 0.6 is 11.8 Å². The Morgan fingerprint density at radius 3 is 2.49 bits per heavy atom. The first-order valence-corrected chi connectivity index (χ1v) is 13.4. The van der Waals surface area contributed by atoms with Crippen LogP contribution in [-0.2, 0) is 11.3 Å². The topological polar surface area (TPSA) is 135 Å². The number of nitro groups is 1. The maximum Gasteiger partial charge on any atom is 0.283 e. The van der Waals surface area contributed by atoms with E-state index in [0.717, 1.165) is 16.5 Å². The summed E-state index contributed by atoms with van der Waals surface area (Å²) in [4.78, 5) is 27.6. The maximum absolute atomic E-state index is 13.0. The molecule has 2 aliphatic heterocycles. The summed E-state index contributed by atoms with van der Waals surface area (Å²) in [6, 6.07) is 23.0. The molecule has 0 spiro atoms. The van der Waals surface area contributed by atoms with Crippen LogP contribution in [0.1, 0.15) is 5.56 Å². The number of carbonyl (C=O) groups excluding carboxylic acids is 1. The number of amides is 1. The van der Waals surface area contributed by atoms with Gasteiger partial charge in [0.15, 0.2) is 5.84 Å². The van der Waals surface area contributed by atoms with Crippen molar-refractivity contribution in [2.24, 2.45) is 10.1 Å². The van der Waals surface area contributed by atoms with E-state index in [-0.39, 0.29) is 23.7 Å². The van der Waals surface area contributed by atoms with Crippen molar-refractivity contribution in [1.82, 2.24) is 9.58 Å². The first-order valence-electron chi connectivity index (χ1n) is 12.6. The first-order chi connectivity index (χ1) is 20.0. The van der Waals surface area contributed by atoms with Crippen LogP contribution in [0.4, 0.5) is 5.69 Å². The van der Waals surface area contributed by atoms with Gasteiger partial charge in [-0.1, -0.05) is 36.4 Å². The number of amidine groups is 2. The molecule has 1 N–H and O–H groups in total. The number of aromatic nitrogens is 1. The van der Waals surface area contributed by atoms with Crippen LogP contribution in [0.2, 0.25) is 0 Å². The van der Waals surface area contributed by atoms with Crippen LogP contribution < -0.4 is 9.47 Å². The Hall–Kier alpha value is -5.23. The lowest BCUT2D eigenvalue weighted by atomic mass is 10.1. The van der Waals surface area contributed by atoms with E-state index in [9.17, 15) is 14.9 Å². The van der Waals surface area contributed by atoms with Crippen molar-refractivity contribution < 1.29 is 19.2 Å². The van der Waals surface area contributed by atoms with E-state index in [4.69, 9.17) is 14.9 Å². The quantitative estimate of drug-likeness (QED) is 0.164. The normalized spacial score (nSPS) is 15.6. The molecular weight excluding hydrogens is 544 g/mol. The third kappa shape index (κ3) is 5.45. The van der Waals surface area contributed by atoms with Gasteiger partial charge < -0.3 is 14.0 Å². The summed E-state index contributed by atoms with van der Waals surface area (Å²) >= 11 is 1.21. The maximum atomic E-state index is 13.0. The summed E-state index contributed by atoms with van der Waals surface area (Å²) in [7, 11) is 0. The number of aliphatic imine (C=N–C) groups is 1. The van der Waals surface area contributed by atoms with E-state index >= 15 is 0 Å². The number of thioether (sulfide) groups is 1. The summed E-state index contributed by atoms with van der Waals surface area (Å²) in [6.07, 6.45) is 3.57. The van der Waals surface area contributed by atoms with Crippen molar-refractivity contribution in [1.29, 1.82) is 5.41 Å². The standard InChI is InChI=1S/C29H22N6O5S/c30-27-24(28(36)31-29-34(27)32-26(41-29)18-40-21-6-2-1-3-7-21)16-19-17-33(25-9-5-4-8-23(19)25)14-15-39-22-12-10-20(11-13-22)35(37)38/h1-13,16-17,30H,14-15,18H2/b24-16-,30-27?. The zero-order valence-corrected chi connectivity index (χ0v) is 22.3. The Balaban J connectivity index is 1.19. The van der Waals surface area contributed by atoms with Crippen LogP contribution in [0.15, 0.2) is 101 Å². The second kappa shape index (κ2) is 11.1. The molecule has 1 amide bonds. The predicted molar refractivity (Wildman–Crippen MR) is 157 cm³/mol. The van der Waals surface area contributed by atoms with Gasteiger partial charge in [0, 0.05) is 34.8 Å². The molecule has 0 fully saturated rings. The van der Waals surface area contributed by atoms with Crippen molar-refractivity contribution in [2.75, 3.05) is 13.2 Å². The lowest BCUT2D eigenvalue weighted by Gasteiger charge is -2.20. The van der Waals surface area contributed by atoms with Gasteiger partial charge in [-0.2, -0.15) is 15.1 Å². The summed E-state index contributed by atoms with van der Waals surface area (Å²) in [6.45, 7) is 1.01. The minimum absolute atomic E-state index is 0.000622. The molecule has 0 aliphatic carbocycles. The van der Waals surface area contributed by atoms with E-state index < -0.39 is 10.8 Å². The fourth-order valence-corrected chi connectivity index (χ4v) is 5.21. The molecule has 12 heteroatoms. The number of nitrogens with one attached hydrogen (secondary N) is 1. The molecule has 0 unspecified atom stereocenters. The molecule has 1 aromatic heterocycles. The molecule has 0 atom stereocenters. The lowest BCUT2D eigenvalue weighted by Crippen LogP contribution is -2.35. The van der Waals surface area contributed by atoms with E-state index in [1.54, 1.807) is 18.2 Å². The molecule has 0 radical (unpaired) electrons. The van der Waals surface area contributed by atoms with Crippen molar-refractivity contribution in [2.45, 2.75) is 6.54 Å². The summed E-state index contributed by atoms with van der Waals surface area (Å²) in [5.74, 6) is 0.666. The summed E-state index contributed by atoms with van der Waals surface area (Å²) in [5, 5.41) is 27.2. The highest BCUT2D eigenvalue weighted by molar-refractivity contribution is 8.27. The van der Waals surface area contributed by atoms with Gasteiger partial charge in [-0.15, -0.1) is 0 Å². The Labute approximate surface area is 238 Å². The van der Waals surface area contributed by atoms with Gasteiger partial charge in [0.05, 0.1) is 17.0 Å². The van der Waals surface area contributed by atoms with E-state index in [2.05, 4.69) is 10.1 Å². The van der Waals surface area contributed by atoms with Crippen molar-refractivity contribution in [3.8, 4) is 11.5 Å².